The van der Waals surface area contributed by atoms with Crippen molar-refractivity contribution in [2.24, 2.45) is 0 Å². The first kappa shape index (κ1) is 24.7. The Morgan fingerprint density at radius 3 is 1.48 bits per heavy atom. The quantitative estimate of drug-likeness (QED) is 0.340. The monoisotopic (exact) mass is 386 g/mol. The smallest absolute Gasteiger partial charge is 0.388 e. The lowest BCUT2D eigenvalue weighted by Crippen LogP contribution is -2.28. The molecular formula is C16H34O8S. The van der Waals surface area contributed by atoms with Crippen LogP contribution in [0.4, 0.5) is 0 Å². The molecule has 2 unspecified atom stereocenters. The average Bonchev–Trinajstić information content (AvgIpc) is 2.58. The summed E-state index contributed by atoms with van der Waals surface area (Å²) >= 11 is 0. The number of ether oxygens (including phenoxy) is 2. The van der Waals surface area contributed by atoms with E-state index in [1.165, 1.54) is 0 Å². The van der Waals surface area contributed by atoms with Crippen LogP contribution in [0.1, 0.15) is 52.4 Å². The third kappa shape index (κ3) is 16.9. The van der Waals surface area contributed by atoms with Gasteiger partial charge in [0.2, 0.25) is 0 Å². The third-order valence-corrected chi connectivity index (χ3v) is 4.06. The minimum atomic E-state index is -4.28. The molecule has 0 spiro atoms. The van der Waals surface area contributed by atoms with Gasteiger partial charge in [0.05, 0.1) is 26.4 Å². The first-order valence-electron chi connectivity index (χ1n) is 8.96. The minimum Gasteiger partial charge on any atom is -0.388 e. The molecule has 9 heteroatoms. The number of aliphatic hydroxyl groups is 2. The Hall–Kier alpha value is -0.290. The molecule has 25 heavy (non-hydrogen) atoms. The van der Waals surface area contributed by atoms with Crippen LogP contribution in [0, 0.1) is 0 Å². The van der Waals surface area contributed by atoms with Crippen molar-refractivity contribution in [2.45, 2.75) is 64.6 Å². The minimum absolute atomic E-state index is 0.00649. The molecule has 0 rings (SSSR count). The molecule has 0 saturated heterocycles. The van der Waals surface area contributed by atoms with Crippen molar-refractivity contribution in [3.05, 3.63) is 0 Å². The van der Waals surface area contributed by atoms with Gasteiger partial charge in [0, 0.05) is 13.2 Å². The van der Waals surface area contributed by atoms with E-state index < -0.39 is 35.8 Å². The van der Waals surface area contributed by atoms with Gasteiger partial charge in [-0.2, -0.15) is 8.42 Å². The summed E-state index contributed by atoms with van der Waals surface area (Å²) in [5.74, 6) is 0. The highest BCUT2D eigenvalue weighted by Gasteiger charge is 2.18. The van der Waals surface area contributed by atoms with Gasteiger partial charge < -0.3 is 19.7 Å². The van der Waals surface area contributed by atoms with E-state index in [0.29, 0.717) is 13.2 Å². The van der Waals surface area contributed by atoms with E-state index >= 15 is 0 Å². The van der Waals surface area contributed by atoms with Crippen molar-refractivity contribution in [3.63, 3.8) is 0 Å². The number of hydrogen-bond donors (Lipinski definition) is 2. The zero-order valence-electron chi connectivity index (χ0n) is 15.4. The first-order valence-corrected chi connectivity index (χ1v) is 10.3. The van der Waals surface area contributed by atoms with Crippen LogP contribution in [0.5, 0.6) is 0 Å². The SMILES string of the molecule is CCCCCOCC(O)COS(=O)(=O)OCC(O)COCCCCC. The Bertz CT molecular complexity index is 358. The summed E-state index contributed by atoms with van der Waals surface area (Å²) in [5, 5.41) is 19.2. The second kappa shape index (κ2) is 15.9. The number of hydrogen-bond acceptors (Lipinski definition) is 8. The van der Waals surface area contributed by atoms with Crippen LogP contribution in [0.25, 0.3) is 0 Å². The molecular weight excluding hydrogens is 352 g/mol. The van der Waals surface area contributed by atoms with Gasteiger partial charge in [-0.15, -0.1) is 0 Å². The second-order valence-corrected chi connectivity index (χ2v) is 7.14. The van der Waals surface area contributed by atoms with Gasteiger partial charge in [-0.25, -0.2) is 8.37 Å². The van der Waals surface area contributed by atoms with E-state index in [2.05, 4.69) is 22.2 Å². The van der Waals surface area contributed by atoms with E-state index in [4.69, 9.17) is 9.47 Å². The largest absolute Gasteiger partial charge is 0.400 e. The summed E-state index contributed by atoms with van der Waals surface area (Å²) in [6.45, 7) is 4.24. The summed E-state index contributed by atoms with van der Waals surface area (Å²) in [4.78, 5) is 0. The summed E-state index contributed by atoms with van der Waals surface area (Å²) in [5.41, 5.74) is 0. The van der Waals surface area contributed by atoms with Crippen LogP contribution >= 0.6 is 0 Å². The molecule has 0 aromatic heterocycles. The standard InChI is InChI=1S/C16H34O8S/c1-3-5-7-9-21-11-15(17)13-23-25(19,20)24-14-16(18)12-22-10-8-6-4-2/h15-18H,3-14H2,1-2H3. The highest BCUT2D eigenvalue weighted by atomic mass is 32.3. The van der Waals surface area contributed by atoms with Gasteiger partial charge in [-0.3, -0.25) is 0 Å². The van der Waals surface area contributed by atoms with E-state index in [0.717, 1.165) is 38.5 Å². The first-order chi connectivity index (χ1) is 11.9. The Balaban J connectivity index is 3.74. The Morgan fingerprint density at radius 1 is 0.720 bits per heavy atom. The number of unbranched alkanes of at least 4 members (excludes halogenated alkanes) is 4. The molecule has 0 heterocycles. The lowest BCUT2D eigenvalue weighted by atomic mass is 10.3. The van der Waals surface area contributed by atoms with Crippen LogP contribution in [-0.2, 0) is 28.2 Å². The molecule has 0 amide bonds. The maximum absolute atomic E-state index is 11.5. The third-order valence-electron chi connectivity index (χ3n) is 3.21. The van der Waals surface area contributed by atoms with Crippen LogP contribution in [0.2, 0.25) is 0 Å². The molecule has 0 bridgehead atoms. The Labute approximate surface area is 151 Å². The van der Waals surface area contributed by atoms with Crippen molar-refractivity contribution in [3.8, 4) is 0 Å². The van der Waals surface area contributed by atoms with E-state index in [-0.39, 0.29) is 13.2 Å². The fourth-order valence-electron chi connectivity index (χ4n) is 1.80. The molecule has 8 nitrogen and oxygen atoms in total. The lowest BCUT2D eigenvalue weighted by molar-refractivity contribution is -0.00213. The maximum atomic E-state index is 11.5. The molecule has 0 aromatic rings. The Morgan fingerprint density at radius 2 is 1.12 bits per heavy atom. The fraction of sp³-hybridized carbons (Fsp3) is 1.00. The lowest BCUT2D eigenvalue weighted by Gasteiger charge is -2.13. The molecule has 2 atom stereocenters. The predicted molar refractivity (Wildman–Crippen MR) is 93.5 cm³/mol. The predicted octanol–water partition coefficient (Wildman–Crippen LogP) is 1.40. The van der Waals surface area contributed by atoms with Gasteiger partial charge in [0.25, 0.3) is 0 Å². The number of rotatable bonds is 18. The number of aliphatic hydroxyl groups excluding tert-OH is 2. The Kier molecular flexibility index (Phi) is 15.7. The topological polar surface area (TPSA) is 112 Å². The summed E-state index contributed by atoms with van der Waals surface area (Å²) in [6.07, 6.45) is 3.88. The van der Waals surface area contributed by atoms with Crippen molar-refractivity contribution in [1.82, 2.24) is 0 Å². The van der Waals surface area contributed by atoms with Crippen molar-refractivity contribution < 1.29 is 36.5 Å². The van der Waals surface area contributed by atoms with Gasteiger partial charge >= 0.3 is 10.4 Å². The summed E-state index contributed by atoms with van der Waals surface area (Å²) in [6, 6.07) is 0. The highest BCUT2D eigenvalue weighted by Crippen LogP contribution is 2.02. The molecule has 0 aromatic carbocycles. The average molecular weight is 387 g/mol. The second-order valence-electron chi connectivity index (χ2n) is 5.85. The van der Waals surface area contributed by atoms with Crippen molar-refractivity contribution >= 4 is 10.4 Å². The molecule has 2 N–H and O–H groups in total. The molecule has 152 valence electrons. The summed E-state index contributed by atoms with van der Waals surface area (Å²) < 4.78 is 42.6. The molecule has 0 aliphatic rings. The van der Waals surface area contributed by atoms with Crippen LogP contribution in [-0.4, -0.2) is 70.5 Å². The summed E-state index contributed by atoms with van der Waals surface area (Å²) in [7, 11) is -4.28. The fourth-order valence-corrected chi connectivity index (χ4v) is 2.52. The highest BCUT2D eigenvalue weighted by molar-refractivity contribution is 7.81. The molecule has 0 saturated carbocycles. The van der Waals surface area contributed by atoms with Crippen molar-refractivity contribution in [2.75, 3.05) is 39.6 Å². The van der Waals surface area contributed by atoms with Gasteiger partial charge in [-0.05, 0) is 12.8 Å². The van der Waals surface area contributed by atoms with E-state index in [1.54, 1.807) is 0 Å². The van der Waals surface area contributed by atoms with Gasteiger partial charge in [-0.1, -0.05) is 39.5 Å². The van der Waals surface area contributed by atoms with Crippen molar-refractivity contribution in [1.29, 1.82) is 0 Å². The van der Waals surface area contributed by atoms with Gasteiger partial charge in [0.15, 0.2) is 0 Å². The van der Waals surface area contributed by atoms with Crippen LogP contribution < -0.4 is 0 Å². The normalized spacial score (nSPS) is 14.6. The van der Waals surface area contributed by atoms with E-state index in [1.807, 2.05) is 0 Å². The van der Waals surface area contributed by atoms with Crippen LogP contribution in [0.3, 0.4) is 0 Å². The molecule has 0 fully saturated rings. The zero-order chi connectivity index (χ0) is 19.0. The molecule has 0 radical (unpaired) electrons. The maximum Gasteiger partial charge on any atom is 0.400 e. The van der Waals surface area contributed by atoms with E-state index in [9.17, 15) is 18.6 Å². The molecule has 0 aliphatic carbocycles. The van der Waals surface area contributed by atoms with Crippen LogP contribution in [0.15, 0.2) is 0 Å². The van der Waals surface area contributed by atoms with Gasteiger partial charge in [0.1, 0.15) is 12.2 Å². The molecule has 0 aliphatic heterocycles. The zero-order valence-corrected chi connectivity index (χ0v) is 16.2.